The number of para-hydroxylation sites is 1. The third-order valence-corrected chi connectivity index (χ3v) is 4.57. The second kappa shape index (κ2) is 7.36. The minimum atomic E-state index is 0.498. The van der Waals surface area contributed by atoms with Crippen LogP contribution in [0.5, 0.6) is 11.6 Å². The van der Waals surface area contributed by atoms with Gasteiger partial charge in [0.15, 0.2) is 11.5 Å². The Bertz CT molecular complexity index is 1100. The molecule has 0 unspecified atom stereocenters. The fraction of sp³-hybridized carbons (Fsp3) is 0.150. The number of nitrogens with zero attached hydrogens (tertiary/aromatic N) is 4. The van der Waals surface area contributed by atoms with Crippen LogP contribution in [0, 0.1) is 0 Å². The van der Waals surface area contributed by atoms with E-state index in [1.165, 1.54) is 0 Å². The molecule has 0 fully saturated rings. The van der Waals surface area contributed by atoms with Gasteiger partial charge in [-0.25, -0.2) is 9.67 Å². The van der Waals surface area contributed by atoms with Crippen molar-refractivity contribution in [3.63, 3.8) is 0 Å². The molecule has 0 bridgehead atoms. The van der Waals surface area contributed by atoms with Crippen LogP contribution in [0.3, 0.4) is 0 Å². The average molecular weight is 425 g/mol. The fourth-order valence-electron chi connectivity index (χ4n) is 2.86. The van der Waals surface area contributed by atoms with Crippen LogP contribution in [-0.4, -0.2) is 33.5 Å². The van der Waals surface area contributed by atoms with Gasteiger partial charge in [0.2, 0.25) is 5.88 Å². The van der Waals surface area contributed by atoms with E-state index in [2.05, 4.69) is 26.0 Å². The summed E-state index contributed by atoms with van der Waals surface area (Å²) in [5.74, 6) is 1.70. The zero-order valence-corrected chi connectivity index (χ0v) is 16.5. The second-order valence-corrected chi connectivity index (χ2v) is 6.67. The fourth-order valence-corrected chi connectivity index (χ4v) is 3.22. The molecule has 136 valence electrons. The predicted molar refractivity (Wildman–Crippen MR) is 108 cm³/mol. The summed E-state index contributed by atoms with van der Waals surface area (Å²) >= 11 is 3.51. The molecular formula is C20H17BrN4O2. The lowest BCUT2D eigenvalue weighted by Gasteiger charge is -2.11. The molecule has 6 nitrogen and oxygen atoms in total. The normalized spacial score (nSPS) is 10.9. The first-order chi connectivity index (χ1) is 13.2. The summed E-state index contributed by atoms with van der Waals surface area (Å²) in [6, 6.07) is 15.6. The Balaban J connectivity index is 1.99. The predicted octanol–water partition coefficient (Wildman–Crippen LogP) is 4.65. The SMILES string of the molecule is CCOc1nc(-c2cc(Br)ccc2OC)nc2c1cnn2-c1ccccc1. The van der Waals surface area contributed by atoms with Crippen molar-refractivity contribution in [1.82, 2.24) is 19.7 Å². The zero-order chi connectivity index (χ0) is 18.8. The van der Waals surface area contributed by atoms with E-state index in [4.69, 9.17) is 14.5 Å². The van der Waals surface area contributed by atoms with Crippen molar-refractivity contribution in [2.24, 2.45) is 0 Å². The molecule has 0 amide bonds. The summed E-state index contributed by atoms with van der Waals surface area (Å²) in [4.78, 5) is 9.41. The van der Waals surface area contributed by atoms with Crippen molar-refractivity contribution >= 4 is 27.0 Å². The van der Waals surface area contributed by atoms with Gasteiger partial charge in [0.1, 0.15) is 11.1 Å². The van der Waals surface area contributed by atoms with Crippen LogP contribution >= 0.6 is 15.9 Å². The van der Waals surface area contributed by atoms with E-state index in [0.717, 1.165) is 21.1 Å². The molecule has 0 saturated heterocycles. The van der Waals surface area contributed by atoms with Crippen LogP contribution < -0.4 is 9.47 Å². The van der Waals surface area contributed by atoms with Crippen LogP contribution in [0.15, 0.2) is 59.2 Å². The molecule has 0 saturated carbocycles. The van der Waals surface area contributed by atoms with E-state index < -0.39 is 0 Å². The Hall–Kier alpha value is -2.93. The van der Waals surface area contributed by atoms with Crippen LogP contribution in [0.25, 0.3) is 28.1 Å². The Morgan fingerprint density at radius 1 is 1.07 bits per heavy atom. The van der Waals surface area contributed by atoms with E-state index in [1.54, 1.807) is 18.0 Å². The van der Waals surface area contributed by atoms with Gasteiger partial charge < -0.3 is 9.47 Å². The number of methoxy groups -OCH3 is 1. The van der Waals surface area contributed by atoms with Gasteiger partial charge in [-0.05, 0) is 37.3 Å². The molecular weight excluding hydrogens is 408 g/mol. The number of aromatic nitrogens is 4. The van der Waals surface area contributed by atoms with Crippen molar-refractivity contribution in [3.8, 4) is 28.7 Å². The van der Waals surface area contributed by atoms with Gasteiger partial charge in [-0.3, -0.25) is 0 Å². The summed E-state index contributed by atoms with van der Waals surface area (Å²) in [7, 11) is 1.63. The number of hydrogen-bond donors (Lipinski definition) is 0. The molecule has 4 aromatic rings. The molecule has 0 atom stereocenters. The van der Waals surface area contributed by atoms with E-state index in [0.29, 0.717) is 29.7 Å². The first-order valence-corrected chi connectivity index (χ1v) is 9.28. The van der Waals surface area contributed by atoms with Gasteiger partial charge in [0.05, 0.1) is 31.2 Å². The van der Waals surface area contributed by atoms with Crippen LogP contribution in [0.4, 0.5) is 0 Å². The van der Waals surface area contributed by atoms with Crippen molar-refractivity contribution in [3.05, 3.63) is 59.2 Å². The molecule has 2 aromatic heterocycles. The summed E-state index contributed by atoms with van der Waals surface area (Å²) in [6.45, 7) is 2.42. The van der Waals surface area contributed by atoms with Crippen LogP contribution in [0.2, 0.25) is 0 Å². The van der Waals surface area contributed by atoms with Gasteiger partial charge in [-0.15, -0.1) is 0 Å². The zero-order valence-electron chi connectivity index (χ0n) is 14.9. The Labute approximate surface area is 164 Å². The number of ether oxygens (including phenoxy) is 2. The Morgan fingerprint density at radius 3 is 2.63 bits per heavy atom. The highest BCUT2D eigenvalue weighted by atomic mass is 79.9. The van der Waals surface area contributed by atoms with Crippen molar-refractivity contribution in [2.45, 2.75) is 6.92 Å². The average Bonchev–Trinajstić information content (AvgIpc) is 3.13. The summed E-state index contributed by atoms with van der Waals surface area (Å²) in [5.41, 5.74) is 2.37. The maximum Gasteiger partial charge on any atom is 0.228 e. The minimum Gasteiger partial charge on any atom is -0.496 e. The van der Waals surface area contributed by atoms with Crippen molar-refractivity contribution < 1.29 is 9.47 Å². The lowest BCUT2D eigenvalue weighted by molar-refractivity contribution is 0.331. The topological polar surface area (TPSA) is 62.1 Å². The molecule has 0 aliphatic heterocycles. The smallest absolute Gasteiger partial charge is 0.228 e. The molecule has 0 aliphatic carbocycles. The third-order valence-electron chi connectivity index (χ3n) is 4.08. The maximum absolute atomic E-state index is 5.78. The first-order valence-electron chi connectivity index (χ1n) is 8.49. The van der Waals surface area contributed by atoms with Gasteiger partial charge in [-0.1, -0.05) is 34.1 Å². The van der Waals surface area contributed by atoms with Gasteiger partial charge in [-0.2, -0.15) is 10.1 Å². The van der Waals surface area contributed by atoms with Crippen molar-refractivity contribution in [1.29, 1.82) is 0 Å². The van der Waals surface area contributed by atoms with E-state index in [1.807, 2.05) is 55.5 Å². The molecule has 2 aromatic carbocycles. The standard InChI is InChI=1S/C20H17BrN4O2/c1-3-27-20-16-12-22-25(14-7-5-4-6-8-14)19(16)23-18(24-20)15-11-13(21)9-10-17(15)26-2/h4-12H,3H2,1-2H3. The molecule has 0 N–H and O–H groups in total. The molecule has 0 radical (unpaired) electrons. The molecule has 27 heavy (non-hydrogen) atoms. The quantitative estimate of drug-likeness (QED) is 0.466. The van der Waals surface area contributed by atoms with E-state index in [-0.39, 0.29) is 0 Å². The van der Waals surface area contributed by atoms with Gasteiger partial charge in [0.25, 0.3) is 0 Å². The van der Waals surface area contributed by atoms with Crippen molar-refractivity contribution in [2.75, 3.05) is 13.7 Å². The lowest BCUT2D eigenvalue weighted by Crippen LogP contribution is -2.03. The van der Waals surface area contributed by atoms with Gasteiger partial charge in [0, 0.05) is 4.47 Å². The number of fused-ring (bicyclic) bond motifs is 1. The first kappa shape index (κ1) is 17.5. The van der Waals surface area contributed by atoms with E-state index in [9.17, 15) is 0 Å². The summed E-state index contributed by atoms with van der Waals surface area (Å²) in [5, 5.41) is 5.26. The Morgan fingerprint density at radius 2 is 1.89 bits per heavy atom. The highest BCUT2D eigenvalue weighted by Gasteiger charge is 2.18. The molecule has 0 aliphatic rings. The summed E-state index contributed by atoms with van der Waals surface area (Å²) in [6.07, 6.45) is 1.73. The molecule has 0 spiro atoms. The molecule has 2 heterocycles. The Kier molecular flexibility index (Phi) is 4.77. The molecule has 7 heteroatoms. The third kappa shape index (κ3) is 3.26. The maximum atomic E-state index is 5.78. The number of hydrogen-bond acceptors (Lipinski definition) is 5. The van der Waals surface area contributed by atoms with Gasteiger partial charge >= 0.3 is 0 Å². The van der Waals surface area contributed by atoms with Crippen LogP contribution in [0.1, 0.15) is 6.92 Å². The summed E-state index contributed by atoms with van der Waals surface area (Å²) < 4.78 is 14.0. The monoisotopic (exact) mass is 424 g/mol. The number of benzene rings is 2. The number of halogens is 1. The second-order valence-electron chi connectivity index (χ2n) is 5.76. The lowest BCUT2D eigenvalue weighted by atomic mass is 10.2. The van der Waals surface area contributed by atoms with Crippen LogP contribution in [-0.2, 0) is 0 Å². The highest BCUT2D eigenvalue weighted by Crippen LogP contribution is 2.34. The minimum absolute atomic E-state index is 0.498. The van der Waals surface area contributed by atoms with E-state index >= 15 is 0 Å². The molecule has 4 rings (SSSR count). The highest BCUT2D eigenvalue weighted by molar-refractivity contribution is 9.10. The largest absolute Gasteiger partial charge is 0.496 e. The number of rotatable bonds is 5.